The zero-order valence-electron chi connectivity index (χ0n) is 9.84. The topological polar surface area (TPSA) is 38.3 Å². The second-order valence-electron chi connectivity index (χ2n) is 4.95. The molecule has 0 bridgehead atoms. The molecule has 1 aliphatic heterocycles. The maximum Gasteiger partial charge on any atom is 0.320 e. The summed E-state index contributed by atoms with van der Waals surface area (Å²) in [6.45, 7) is 6.93. The van der Waals surface area contributed by atoms with E-state index in [2.05, 4.69) is 5.32 Å². The van der Waals surface area contributed by atoms with E-state index in [-0.39, 0.29) is 11.6 Å². The minimum absolute atomic E-state index is 0.159. The molecule has 0 saturated carbocycles. The lowest BCUT2D eigenvalue weighted by Crippen LogP contribution is -2.33. The van der Waals surface area contributed by atoms with E-state index in [4.69, 9.17) is 4.74 Å². The number of carbonyl (C=O) groups excluding carboxylic acids is 1. The Kier molecular flexibility index (Phi) is 4.93. The fraction of sp³-hybridized carbons (Fsp3) is 0.909. The first-order valence-electron chi connectivity index (χ1n) is 5.48. The third-order valence-electron chi connectivity index (χ3n) is 2.15. The molecule has 1 N–H and O–H groups in total. The van der Waals surface area contributed by atoms with Crippen LogP contribution in [0.25, 0.3) is 0 Å². The van der Waals surface area contributed by atoms with Gasteiger partial charge >= 0.3 is 5.97 Å². The van der Waals surface area contributed by atoms with Crippen LogP contribution in [0.5, 0.6) is 0 Å². The summed E-state index contributed by atoms with van der Waals surface area (Å²) in [6.07, 6.45) is 1.27. The molecular weight excluding hydrogens is 210 g/mol. The van der Waals surface area contributed by atoms with Crippen molar-refractivity contribution in [2.45, 2.75) is 32.8 Å². The molecule has 0 spiro atoms. The fourth-order valence-corrected chi connectivity index (χ4v) is 2.78. The highest BCUT2D eigenvalue weighted by Crippen LogP contribution is 2.22. The molecule has 0 radical (unpaired) electrons. The molecule has 1 fully saturated rings. The van der Waals surface area contributed by atoms with Gasteiger partial charge < -0.3 is 10.1 Å². The zero-order chi connectivity index (χ0) is 11.3. The van der Waals surface area contributed by atoms with Gasteiger partial charge in [0, 0.05) is 0 Å². The van der Waals surface area contributed by atoms with Gasteiger partial charge in [-0.2, -0.15) is 11.8 Å². The summed E-state index contributed by atoms with van der Waals surface area (Å²) in [5.41, 5.74) is -0.373. The van der Waals surface area contributed by atoms with Crippen molar-refractivity contribution in [3.63, 3.8) is 0 Å². The Morgan fingerprint density at radius 2 is 2.27 bits per heavy atom. The van der Waals surface area contributed by atoms with E-state index in [1.54, 1.807) is 0 Å². The van der Waals surface area contributed by atoms with Gasteiger partial charge in [0.05, 0.1) is 6.54 Å². The van der Waals surface area contributed by atoms with Crippen LogP contribution >= 0.6 is 11.8 Å². The standard InChI is InChI=1S/C11H21NO2S/c1-11(2,3)14-10(13)7-12-6-9-4-5-15-8-9/h9,12H,4-8H2,1-3H3. The highest BCUT2D eigenvalue weighted by Gasteiger charge is 2.18. The van der Waals surface area contributed by atoms with Crippen LogP contribution in [0.15, 0.2) is 0 Å². The van der Waals surface area contributed by atoms with E-state index < -0.39 is 0 Å². The van der Waals surface area contributed by atoms with Crippen LogP contribution in [0.4, 0.5) is 0 Å². The van der Waals surface area contributed by atoms with E-state index >= 15 is 0 Å². The summed E-state index contributed by atoms with van der Waals surface area (Å²) in [6, 6.07) is 0. The summed E-state index contributed by atoms with van der Waals surface area (Å²) in [5, 5.41) is 3.16. The summed E-state index contributed by atoms with van der Waals surface area (Å²) in [5.74, 6) is 3.06. The van der Waals surface area contributed by atoms with Gasteiger partial charge in [0.2, 0.25) is 0 Å². The molecule has 1 unspecified atom stereocenters. The predicted molar refractivity (Wildman–Crippen MR) is 64.1 cm³/mol. The largest absolute Gasteiger partial charge is 0.459 e. The molecule has 3 nitrogen and oxygen atoms in total. The smallest absolute Gasteiger partial charge is 0.320 e. The van der Waals surface area contributed by atoms with Crippen molar-refractivity contribution < 1.29 is 9.53 Å². The average Bonchev–Trinajstić information content (AvgIpc) is 2.53. The Labute approximate surface area is 96.3 Å². The first-order chi connectivity index (χ1) is 6.97. The summed E-state index contributed by atoms with van der Waals surface area (Å²) in [4.78, 5) is 11.3. The number of nitrogens with one attached hydrogen (secondary N) is 1. The average molecular weight is 231 g/mol. The van der Waals surface area contributed by atoms with Crippen molar-refractivity contribution in [3.05, 3.63) is 0 Å². The number of hydrogen-bond donors (Lipinski definition) is 1. The summed E-state index contributed by atoms with van der Waals surface area (Å²) in [7, 11) is 0. The van der Waals surface area contributed by atoms with Crippen molar-refractivity contribution >= 4 is 17.7 Å². The normalized spacial score (nSPS) is 21.7. The van der Waals surface area contributed by atoms with Crippen LogP contribution in [0.2, 0.25) is 0 Å². The quantitative estimate of drug-likeness (QED) is 0.747. The lowest BCUT2D eigenvalue weighted by Gasteiger charge is -2.19. The first kappa shape index (κ1) is 12.8. The number of ether oxygens (including phenoxy) is 1. The lowest BCUT2D eigenvalue weighted by atomic mass is 10.1. The van der Waals surface area contributed by atoms with Gasteiger partial charge in [0.25, 0.3) is 0 Å². The van der Waals surface area contributed by atoms with Crippen LogP contribution in [0, 0.1) is 5.92 Å². The monoisotopic (exact) mass is 231 g/mol. The number of thioether (sulfide) groups is 1. The van der Waals surface area contributed by atoms with Crippen LogP contribution < -0.4 is 5.32 Å². The molecule has 15 heavy (non-hydrogen) atoms. The molecule has 1 saturated heterocycles. The van der Waals surface area contributed by atoms with E-state index in [9.17, 15) is 4.79 Å². The van der Waals surface area contributed by atoms with Crippen molar-refractivity contribution in [2.24, 2.45) is 5.92 Å². The molecule has 1 heterocycles. The highest BCUT2D eigenvalue weighted by atomic mass is 32.2. The zero-order valence-corrected chi connectivity index (χ0v) is 10.7. The Hall–Kier alpha value is -0.220. The molecule has 0 aromatic carbocycles. The maximum absolute atomic E-state index is 11.3. The fourth-order valence-electron chi connectivity index (χ4n) is 1.50. The van der Waals surface area contributed by atoms with Crippen molar-refractivity contribution in [1.82, 2.24) is 5.32 Å². The number of hydrogen-bond acceptors (Lipinski definition) is 4. The molecule has 0 aromatic heterocycles. The van der Waals surface area contributed by atoms with Gasteiger partial charge in [-0.05, 0) is 51.2 Å². The third kappa shape index (κ3) is 6.05. The molecule has 0 aliphatic carbocycles. The van der Waals surface area contributed by atoms with Gasteiger partial charge in [-0.3, -0.25) is 4.79 Å². The van der Waals surface area contributed by atoms with Gasteiger partial charge in [-0.1, -0.05) is 0 Å². The molecule has 0 amide bonds. The van der Waals surface area contributed by atoms with E-state index in [0.717, 1.165) is 12.5 Å². The molecule has 1 aliphatic rings. The van der Waals surface area contributed by atoms with Crippen LogP contribution in [-0.4, -0.2) is 36.2 Å². The van der Waals surface area contributed by atoms with Gasteiger partial charge in [-0.15, -0.1) is 0 Å². The predicted octanol–water partition coefficient (Wildman–Crippen LogP) is 1.67. The maximum atomic E-state index is 11.3. The van der Waals surface area contributed by atoms with Crippen molar-refractivity contribution in [1.29, 1.82) is 0 Å². The highest BCUT2D eigenvalue weighted by molar-refractivity contribution is 7.99. The minimum Gasteiger partial charge on any atom is -0.459 e. The summed E-state index contributed by atoms with van der Waals surface area (Å²) >= 11 is 1.99. The Morgan fingerprint density at radius 3 is 2.80 bits per heavy atom. The Bertz CT molecular complexity index is 207. The first-order valence-corrected chi connectivity index (χ1v) is 6.63. The molecule has 1 atom stereocenters. The molecule has 88 valence electrons. The number of esters is 1. The SMILES string of the molecule is CC(C)(C)OC(=O)CNCC1CCSC1. The molecular formula is C11H21NO2S. The third-order valence-corrected chi connectivity index (χ3v) is 3.38. The second kappa shape index (κ2) is 5.75. The Morgan fingerprint density at radius 1 is 1.53 bits per heavy atom. The van der Waals surface area contributed by atoms with Crippen LogP contribution in [0.1, 0.15) is 27.2 Å². The molecule has 4 heteroatoms. The van der Waals surface area contributed by atoms with E-state index in [0.29, 0.717) is 6.54 Å². The lowest BCUT2D eigenvalue weighted by molar-refractivity contribution is -0.153. The second-order valence-corrected chi connectivity index (χ2v) is 6.10. The number of carbonyl (C=O) groups is 1. The Balaban J connectivity index is 2.06. The minimum atomic E-state index is -0.373. The van der Waals surface area contributed by atoms with Crippen molar-refractivity contribution in [3.8, 4) is 0 Å². The van der Waals surface area contributed by atoms with E-state index in [1.807, 2.05) is 32.5 Å². The van der Waals surface area contributed by atoms with Crippen LogP contribution in [-0.2, 0) is 9.53 Å². The van der Waals surface area contributed by atoms with Gasteiger partial charge in [0.15, 0.2) is 0 Å². The van der Waals surface area contributed by atoms with Crippen molar-refractivity contribution in [2.75, 3.05) is 24.6 Å². The molecule has 0 aromatic rings. The summed E-state index contributed by atoms with van der Waals surface area (Å²) < 4.78 is 5.20. The number of rotatable bonds is 4. The van der Waals surface area contributed by atoms with Gasteiger partial charge in [-0.25, -0.2) is 0 Å². The molecule has 1 rings (SSSR count). The van der Waals surface area contributed by atoms with Gasteiger partial charge in [0.1, 0.15) is 5.60 Å². The van der Waals surface area contributed by atoms with Crippen LogP contribution in [0.3, 0.4) is 0 Å². The van der Waals surface area contributed by atoms with E-state index in [1.165, 1.54) is 17.9 Å².